The minimum atomic E-state index is -4.77. The summed E-state index contributed by atoms with van der Waals surface area (Å²) in [5.41, 5.74) is -1.07. The molecular formula is C18H22F4N2O3. The van der Waals surface area contributed by atoms with Crippen LogP contribution in [0.3, 0.4) is 0 Å². The molecule has 0 radical (unpaired) electrons. The Morgan fingerprint density at radius 2 is 1.78 bits per heavy atom. The molecule has 1 heterocycles. The van der Waals surface area contributed by atoms with Gasteiger partial charge in [-0.2, -0.15) is 13.2 Å². The Morgan fingerprint density at radius 1 is 1.19 bits per heavy atom. The molecule has 27 heavy (non-hydrogen) atoms. The number of alkyl halides is 3. The summed E-state index contributed by atoms with van der Waals surface area (Å²) in [5, 5.41) is 2.34. The van der Waals surface area contributed by atoms with Crippen LogP contribution in [0.2, 0.25) is 0 Å². The first-order valence-corrected chi connectivity index (χ1v) is 8.21. The highest BCUT2D eigenvalue weighted by Crippen LogP contribution is 2.34. The third kappa shape index (κ3) is 6.26. The SMILES string of the molecule is CC.Cc1oc(C(F)(F)F)nc1-c1ccc(NC(=O)OC(C)(C)C)cc1F. The summed E-state index contributed by atoms with van der Waals surface area (Å²) in [6.45, 7) is 10.3. The summed E-state index contributed by atoms with van der Waals surface area (Å²) in [6.07, 6.45) is -5.55. The lowest BCUT2D eigenvalue weighted by molar-refractivity contribution is -0.157. The molecule has 0 unspecified atom stereocenters. The Morgan fingerprint density at radius 3 is 2.22 bits per heavy atom. The van der Waals surface area contributed by atoms with Crippen LogP contribution in [0.25, 0.3) is 11.3 Å². The molecule has 2 aromatic rings. The highest BCUT2D eigenvalue weighted by Gasteiger charge is 2.38. The number of hydrogen-bond donors (Lipinski definition) is 1. The predicted octanol–water partition coefficient (Wildman–Crippen LogP) is 6.18. The van der Waals surface area contributed by atoms with Crippen molar-refractivity contribution in [1.82, 2.24) is 4.98 Å². The van der Waals surface area contributed by atoms with Gasteiger partial charge in [0.25, 0.3) is 0 Å². The summed E-state index contributed by atoms with van der Waals surface area (Å²) in [4.78, 5) is 15.0. The molecule has 1 N–H and O–H groups in total. The number of nitrogens with one attached hydrogen (secondary N) is 1. The summed E-state index contributed by atoms with van der Waals surface area (Å²) >= 11 is 0. The second kappa shape index (κ2) is 8.41. The number of aryl methyl sites for hydroxylation is 1. The first kappa shape index (κ1) is 22.5. The van der Waals surface area contributed by atoms with Gasteiger partial charge < -0.3 is 9.15 Å². The van der Waals surface area contributed by atoms with E-state index in [-0.39, 0.29) is 22.7 Å². The number of anilines is 1. The molecule has 0 aliphatic carbocycles. The Hall–Kier alpha value is -2.58. The van der Waals surface area contributed by atoms with Gasteiger partial charge >= 0.3 is 18.2 Å². The third-order valence-corrected chi connectivity index (χ3v) is 2.91. The molecule has 9 heteroatoms. The van der Waals surface area contributed by atoms with Crippen molar-refractivity contribution in [2.45, 2.75) is 53.3 Å². The van der Waals surface area contributed by atoms with Crippen LogP contribution in [0, 0.1) is 12.7 Å². The van der Waals surface area contributed by atoms with Gasteiger partial charge in [0.1, 0.15) is 22.9 Å². The van der Waals surface area contributed by atoms with Gasteiger partial charge in [0, 0.05) is 11.3 Å². The number of carbonyl (C=O) groups excluding carboxylic acids is 1. The Balaban J connectivity index is 0.00000176. The molecule has 5 nitrogen and oxygen atoms in total. The summed E-state index contributed by atoms with van der Waals surface area (Å²) < 4.78 is 61.7. The highest BCUT2D eigenvalue weighted by atomic mass is 19.4. The maximum absolute atomic E-state index is 14.3. The van der Waals surface area contributed by atoms with Crippen LogP contribution in [0.1, 0.15) is 46.3 Å². The molecule has 0 fully saturated rings. The number of aromatic nitrogens is 1. The van der Waals surface area contributed by atoms with E-state index in [1.165, 1.54) is 19.1 Å². The zero-order valence-corrected chi connectivity index (χ0v) is 15.9. The molecule has 0 aliphatic rings. The molecule has 2 rings (SSSR count). The fraction of sp³-hybridized carbons (Fsp3) is 0.444. The molecule has 1 aromatic heterocycles. The highest BCUT2D eigenvalue weighted by molar-refractivity contribution is 5.85. The van der Waals surface area contributed by atoms with E-state index in [0.29, 0.717) is 0 Å². The first-order chi connectivity index (χ1) is 12.4. The zero-order valence-electron chi connectivity index (χ0n) is 15.9. The molecule has 1 amide bonds. The number of carbonyl (C=O) groups is 1. The molecule has 0 aliphatic heterocycles. The number of halogens is 4. The van der Waals surface area contributed by atoms with Gasteiger partial charge in [0.15, 0.2) is 0 Å². The topological polar surface area (TPSA) is 64.4 Å². The van der Waals surface area contributed by atoms with Crippen LogP contribution in [-0.2, 0) is 10.9 Å². The Kier molecular flexibility index (Phi) is 6.99. The van der Waals surface area contributed by atoms with Gasteiger partial charge in [0.05, 0.1) is 0 Å². The lowest BCUT2D eigenvalue weighted by atomic mass is 10.1. The molecule has 0 spiro atoms. The van der Waals surface area contributed by atoms with Crippen molar-refractivity contribution in [3.63, 3.8) is 0 Å². The number of nitrogens with zero attached hydrogens (tertiary/aromatic N) is 1. The molecule has 150 valence electrons. The van der Waals surface area contributed by atoms with Crippen molar-refractivity contribution in [3.05, 3.63) is 35.7 Å². The first-order valence-electron chi connectivity index (χ1n) is 8.21. The fourth-order valence-corrected chi connectivity index (χ4v) is 1.97. The largest absolute Gasteiger partial charge is 0.468 e. The van der Waals surface area contributed by atoms with Crippen LogP contribution in [0.15, 0.2) is 22.6 Å². The summed E-state index contributed by atoms with van der Waals surface area (Å²) in [6, 6.07) is 3.48. The van der Waals surface area contributed by atoms with E-state index in [9.17, 15) is 22.4 Å². The van der Waals surface area contributed by atoms with Gasteiger partial charge in [-0.25, -0.2) is 14.2 Å². The monoisotopic (exact) mass is 390 g/mol. The average molecular weight is 390 g/mol. The van der Waals surface area contributed by atoms with Gasteiger partial charge in [-0.05, 0) is 45.9 Å². The van der Waals surface area contributed by atoms with Gasteiger partial charge in [0.2, 0.25) is 0 Å². The molecule has 0 saturated heterocycles. The Labute approximate surface area is 154 Å². The van der Waals surface area contributed by atoms with Crippen LogP contribution in [-0.4, -0.2) is 16.7 Å². The number of hydrogen-bond acceptors (Lipinski definition) is 4. The van der Waals surface area contributed by atoms with Crippen molar-refractivity contribution in [2.24, 2.45) is 0 Å². The standard InChI is InChI=1S/C16H16F4N2O3.C2H6/c1-8-12(22-13(24-8)16(18,19)20)10-6-5-9(7-11(10)17)21-14(23)25-15(2,3)4;1-2/h5-7H,1-4H3,(H,21,23);1-2H3. The number of amides is 1. The van der Waals surface area contributed by atoms with E-state index in [1.54, 1.807) is 20.8 Å². The smallest absolute Gasteiger partial charge is 0.444 e. The van der Waals surface area contributed by atoms with Crippen molar-refractivity contribution >= 4 is 11.8 Å². The van der Waals surface area contributed by atoms with Gasteiger partial charge in [-0.3, -0.25) is 5.32 Å². The van der Waals surface area contributed by atoms with Crippen molar-refractivity contribution in [2.75, 3.05) is 5.32 Å². The van der Waals surface area contributed by atoms with E-state index < -0.39 is 29.6 Å². The molecule has 0 atom stereocenters. The van der Waals surface area contributed by atoms with Crippen LogP contribution in [0.4, 0.5) is 28.0 Å². The normalized spacial score (nSPS) is 11.5. The maximum atomic E-state index is 14.3. The molecule has 0 saturated carbocycles. The second-order valence-electron chi connectivity index (χ2n) is 6.24. The van der Waals surface area contributed by atoms with E-state index in [4.69, 9.17) is 4.74 Å². The number of ether oxygens (including phenoxy) is 1. The molecule has 1 aromatic carbocycles. The van der Waals surface area contributed by atoms with Crippen LogP contribution < -0.4 is 5.32 Å². The average Bonchev–Trinajstić information content (AvgIpc) is 2.89. The number of oxazole rings is 1. The predicted molar refractivity (Wildman–Crippen MR) is 92.8 cm³/mol. The van der Waals surface area contributed by atoms with E-state index in [2.05, 4.69) is 14.7 Å². The minimum Gasteiger partial charge on any atom is -0.444 e. The Bertz CT molecular complexity index is 793. The lowest BCUT2D eigenvalue weighted by Gasteiger charge is -2.19. The van der Waals surface area contributed by atoms with Gasteiger partial charge in [-0.15, -0.1) is 0 Å². The van der Waals surface area contributed by atoms with Crippen molar-refractivity contribution in [3.8, 4) is 11.3 Å². The maximum Gasteiger partial charge on any atom is 0.468 e. The van der Waals surface area contributed by atoms with E-state index in [0.717, 1.165) is 6.07 Å². The van der Waals surface area contributed by atoms with E-state index >= 15 is 0 Å². The molecule has 0 bridgehead atoms. The molecular weight excluding hydrogens is 368 g/mol. The van der Waals surface area contributed by atoms with Gasteiger partial charge in [-0.1, -0.05) is 13.8 Å². The number of benzene rings is 1. The van der Waals surface area contributed by atoms with Crippen LogP contribution in [0.5, 0.6) is 0 Å². The zero-order chi connectivity index (χ0) is 21.0. The fourth-order valence-electron chi connectivity index (χ4n) is 1.97. The van der Waals surface area contributed by atoms with Crippen LogP contribution >= 0.6 is 0 Å². The quantitative estimate of drug-likeness (QED) is 0.622. The number of rotatable bonds is 2. The minimum absolute atomic E-state index is 0.0905. The lowest BCUT2D eigenvalue weighted by Crippen LogP contribution is -2.27. The second-order valence-corrected chi connectivity index (χ2v) is 6.24. The van der Waals surface area contributed by atoms with E-state index in [1.807, 2.05) is 13.8 Å². The van der Waals surface area contributed by atoms with Crippen molar-refractivity contribution in [1.29, 1.82) is 0 Å². The summed E-state index contributed by atoms with van der Waals surface area (Å²) in [5.74, 6) is -2.48. The van der Waals surface area contributed by atoms with Crippen molar-refractivity contribution < 1.29 is 31.5 Å². The third-order valence-electron chi connectivity index (χ3n) is 2.91. The summed E-state index contributed by atoms with van der Waals surface area (Å²) in [7, 11) is 0.